The number of ether oxygens (including phenoxy) is 1. The van der Waals surface area contributed by atoms with Gasteiger partial charge in [0.05, 0.1) is 12.2 Å². The highest BCUT2D eigenvalue weighted by Crippen LogP contribution is 2.10. The maximum atomic E-state index is 11.1. The minimum Gasteiger partial charge on any atom is -0.508 e. The molecule has 1 N–H and O–H groups in total. The molecule has 0 aromatic heterocycles. The summed E-state index contributed by atoms with van der Waals surface area (Å²) in [5.74, 6) is -0.222. The first-order valence-electron chi connectivity index (χ1n) is 3.70. The molecule has 3 heteroatoms. The molecule has 0 fully saturated rings. The zero-order valence-corrected chi connectivity index (χ0v) is 6.78. The van der Waals surface area contributed by atoms with Crippen molar-refractivity contribution in [2.75, 3.05) is 6.61 Å². The summed E-state index contributed by atoms with van der Waals surface area (Å²) in [4.78, 5) is 11.1. The lowest BCUT2D eigenvalue weighted by molar-refractivity contribution is 0.0526. The van der Waals surface area contributed by atoms with E-state index in [-0.39, 0.29) is 11.7 Å². The van der Waals surface area contributed by atoms with E-state index in [4.69, 9.17) is 9.84 Å². The summed E-state index contributed by atoms with van der Waals surface area (Å²) in [7, 11) is 0. The Morgan fingerprint density at radius 1 is 1.42 bits per heavy atom. The van der Waals surface area contributed by atoms with Crippen molar-refractivity contribution in [2.24, 2.45) is 0 Å². The minimum absolute atomic E-state index is 0.142. The second kappa shape index (κ2) is 3.76. The standard InChI is InChI=1S/C9H10O3/c1-2-12-9(11)7-3-5-8(10)6-4-7/h3-6,10H,2H2,1H3/i3+1,4+1,5+1,6+1,7+1,8+1. The fraction of sp³-hybridized carbons (Fsp3) is 0.222. The van der Waals surface area contributed by atoms with E-state index in [1.165, 1.54) is 24.3 Å². The molecule has 0 aliphatic carbocycles. The van der Waals surface area contributed by atoms with Crippen molar-refractivity contribution in [1.29, 1.82) is 0 Å². The molecule has 1 aromatic carbocycles. The smallest absolute Gasteiger partial charge is 0.338 e. The van der Waals surface area contributed by atoms with Gasteiger partial charge in [0.1, 0.15) is 5.75 Å². The second-order valence-corrected chi connectivity index (χ2v) is 2.27. The van der Waals surface area contributed by atoms with Crippen LogP contribution in [0, 0.1) is 0 Å². The molecule has 0 bridgehead atoms. The highest BCUT2D eigenvalue weighted by atomic mass is 16.5. The zero-order valence-electron chi connectivity index (χ0n) is 6.78. The van der Waals surface area contributed by atoms with Gasteiger partial charge in [-0.2, -0.15) is 0 Å². The molecule has 3 nitrogen and oxygen atoms in total. The van der Waals surface area contributed by atoms with Gasteiger partial charge in [-0.15, -0.1) is 0 Å². The van der Waals surface area contributed by atoms with E-state index in [1.807, 2.05) is 0 Å². The SMILES string of the molecule is CCOC(=O)[13c]1[13cH][13cH][13c](O)[13cH][13cH]1. The molecule has 1 rings (SSSR count). The van der Waals surface area contributed by atoms with Crippen molar-refractivity contribution in [2.45, 2.75) is 6.92 Å². The highest BCUT2D eigenvalue weighted by Gasteiger charge is 2.04. The Labute approximate surface area is 70.6 Å². The molecule has 0 saturated carbocycles. The monoisotopic (exact) mass is 172 g/mol. The lowest BCUT2D eigenvalue weighted by atomic mass is 10.8. The van der Waals surface area contributed by atoms with E-state index < -0.39 is 0 Å². The van der Waals surface area contributed by atoms with Gasteiger partial charge in [0, 0.05) is 0 Å². The number of hydrogen-bond acceptors (Lipinski definition) is 3. The van der Waals surface area contributed by atoms with Crippen molar-refractivity contribution in [3.8, 4) is 5.75 Å². The van der Waals surface area contributed by atoms with Crippen LogP contribution in [0.25, 0.3) is 0 Å². The van der Waals surface area contributed by atoms with Gasteiger partial charge in [-0.05, 0) is 31.2 Å². The number of esters is 1. The van der Waals surface area contributed by atoms with Crippen molar-refractivity contribution in [3.05, 3.63) is 29.8 Å². The predicted molar refractivity (Wildman–Crippen MR) is 44.1 cm³/mol. The molecule has 0 spiro atoms. The molecule has 0 aliphatic heterocycles. The molecule has 0 saturated heterocycles. The summed E-state index contributed by atoms with van der Waals surface area (Å²) >= 11 is 0. The van der Waals surface area contributed by atoms with E-state index >= 15 is 0 Å². The van der Waals surface area contributed by atoms with Crippen molar-refractivity contribution < 1.29 is 14.6 Å². The fourth-order valence-corrected chi connectivity index (χ4v) is 0.812. The molecule has 0 unspecified atom stereocenters. The Morgan fingerprint density at radius 2 is 2.00 bits per heavy atom. The van der Waals surface area contributed by atoms with E-state index in [1.54, 1.807) is 6.92 Å². The third-order valence-corrected chi connectivity index (χ3v) is 1.38. The van der Waals surface area contributed by atoms with Crippen LogP contribution < -0.4 is 0 Å². The quantitative estimate of drug-likeness (QED) is 0.688. The Hall–Kier alpha value is -1.51. The van der Waals surface area contributed by atoms with Crippen LogP contribution in [0.1, 0.15) is 17.3 Å². The lowest BCUT2D eigenvalue weighted by Gasteiger charge is -2.00. The van der Waals surface area contributed by atoms with Crippen molar-refractivity contribution in [1.82, 2.24) is 0 Å². The molecule has 0 atom stereocenters. The summed E-state index contributed by atoms with van der Waals surface area (Å²) in [6.45, 7) is 2.11. The Morgan fingerprint density at radius 3 is 2.50 bits per heavy atom. The molecule has 12 heavy (non-hydrogen) atoms. The zero-order chi connectivity index (χ0) is 8.97. The van der Waals surface area contributed by atoms with Gasteiger partial charge in [-0.3, -0.25) is 0 Å². The van der Waals surface area contributed by atoms with Crippen LogP contribution in [0.2, 0.25) is 0 Å². The van der Waals surface area contributed by atoms with E-state index in [9.17, 15) is 4.79 Å². The number of phenolic OH excluding ortho intramolecular Hbond substituents is 1. The molecule has 0 radical (unpaired) electrons. The first-order chi connectivity index (χ1) is 5.74. The largest absolute Gasteiger partial charge is 0.508 e. The first kappa shape index (κ1) is 8.59. The number of carbonyl (C=O) groups is 1. The van der Waals surface area contributed by atoms with E-state index in [2.05, 4.69) is 0 Å². The summed E-state index contributed by atoms with van der Waals surface area (Å²) in [6.07, 6.45) is 0. The molecule has 0 amide bonds. The Bertz CT molecular complexity index is 264. The second-order valence-electron chi connectivity index (χ2n) is 2.27. The summed E-state index contributed by atoms with van der Waals surface area (Å²) in [5, 5.41) is 8.92. The molecule has 1 aromatic rings. The molecule has 0 aliphatic rings. The van der Waals surface area contributed by atoms with Crippen LogP contribution in [0.5, 0.6) is 5.75 Å². The van der Waals surface area contributed by atoms with E-state index in [0.29, 0.717) is 12.2 Å². The fourth-order valence-electron chi connectivity index (χ4n) is 0.812. The average molecular weight is 172 g/mol. The van der Waals surface area contributed by atoms with E-state index in [0.717, 1.165) is 0 Å². The highest BCUT2D eigenvalue weighted by molar-refractivity contribution is 5.89. The molecular weight excluding hydrogens is 162 g/mol. The number of benzene rings is 1. The Balaban J connectivity index is 2.75. The maximum absolute atomic E-state index is 11.1. The van der Waals surface area contributed by atoms with Gasteiger partial charge in [-0.1, -0.05) is 0 Å². The van der Waals surface area contributed by atoms with Crippen LogP contribution in [0.15, 0.2) is 24.3 Å². The maximum Gasteiger partial charge on any atom is 0.338 e. The van der Waals surface area contributed by atoms with Gasteiger partial charge < -0.3 is 9.84 Å². The normalized spacial score (nSPS) is 9.42. The number of phenols is 1. The predicted octanol–water partition coefficient (Wildman–Crippen LogP) is 1.57. The lowest BCUT2D eigenvalue weighted by Crippen LogP contribution is -2.03. The van der Waals surface area contributed by atoms with Crippen LogP contribution in [-0.2, 0) is 4.74 Å². The van der Waals surface area contributed by atoms with Crippen molar-refractivity contribution >= 4 is 5.97 Å². The molecule has 64 valence electrons. The summed E-state index contributed by atoms with van der Waals surface area (Å²) in [5.41, 5.74) is 0.453. The third-order valence-electron chi connectivity index (χ3n) is 1.38. The van der Waals surface area contributed by atoms with Crippen LogP contribution in [-0.4, -0.2) is 17.7 Å². The number of carbonyl (C=O) groups excluding carboxylic acids is 1. The van der Waals surface area contributed by atoms with Crippen LogP contribution >= 0.6 is 0 Å². The summed E-state index contributed by atoms with van der Waals surface area (Å²) in [6, 6.07) is 5.94. The topological polar surface area (TPSA) is 46.5 Å². The van der Waals surface area contributed by atoms with Crippen molar-refractivity contribution in [3.63, 3.8) is 0 Å². The van der Waals surface area contributed by atoms with Gasteiger partial charge >= 0.3 is 5.97 Å². The van der Waals surface area contributed by atoms with Gasteiger partial charge in [0.25, 0.3) is 0 Å². The minimum atomic E-state index is -0.363. The molecular formula is C9H10O3. The van der Waals surface area contributed by atoms with Crippen LogP contribution in [0.4, 0.5) is 0 Å². The summed E-state index contributed by atoms with van der Waals surface area (Å²) < 4.78 is 4.75. The number of hydrogen-bond donors (Lipinski definition) is 1. The van der Waals surface area contributed by atoms with Gasteiger partial charge in [-0.25, -0.2) is 4.79 Å². The third kappa shape index (κ3) is 1.99. The Kier molecular flexibility index (Phi) is 2.69. The number of rotatable bonds is 2. The van der Waals surface area contributed by atoms with Gasteiger partial charge in [0.15, 0.2) is 0 Å². The average Bonchev–Trinajstić information content (AvgIpc) is 2.06. The molecule has 0 heterocycles. The number of aromatic hydroxyl groups is 1. The first-order valence-corrected chi connectivity index (χ1v) is 3.70. The van der Waals surface area contributed by atoms with Crippen LogP contribution in [0.3, 0.4) is 0 Å². The van der Waals surface area contributed by atoms with Gasteiger partial charge in [0.2, 0.25) is 0 Å².